The Labute approximate surface area is 341 Å². The van der Waals surface area contributed by atoms with E-state index in [0.29, 0.717) is 0 Å². The predicted molar refractivity (Wildman–Crippen MR) is 190 cm³/mol. The van der Waals surface area contributed by atoms with E-state index in [1.807, 2.05) is 0 Å². The quantitative estimate of drug-likeness (QED) is 0.0437. The maximum Gasteiger partial charge on any atom is 0.309 e. The highest BCUT2D eigenvalue weighted by atomic mass is 16.6. The van der Waals surface area contributed by atoms with Gasteiger partial charge in [-0.1, -0.05) is 41.5 Å². The summed E-state index contributed by atoms with van der Waals surface area (Å²) in [4.78, 5) is 148. The maximum atomic E-state index is 13.5. The zero-order valence-corrected chi connectivity index (χ0v) is 33.5. The molecule has 0 aromatic rings. The topological polar surface area (TPSA) is 382 Å². The maximum absolute atomic E-state index is 13.5. The number of carboxylic acids is 6. The summed E-state index contributed by atoms with van der Waals surface area (Å²) in [6.45, 7) is 3.88. The van der Waals surface area contributed by atoms with Crippen molar-refractivity contribution >= 4 is 71.6 Å². The van der Waals surface area contributed by atoms with Crippen LogP contribution in [-0.2, 0) is 86.0 Å². The van der Waals surface area contributed by atoms with E-state index >= 15 is 0 Å². The number of ether oxygens (including phenoxy) is 6. The third-order valence-corrected chi connectivity index (χ3v) is 8.17. The molecule has 10 unspecified atom stereocenters. The van der Waals surface area contributed by atoms with Crippen LogP contribution in [0.5, 0.6) is 0 Å². The summed E-state index contributed by atoms with van der Waals surface area (Å²) in [5, 5.41) is 55.6. The molecule has 24 heteroatoms. The lowest BCUT2D eigenvalue weighted by Gasteiger charge is -2.37. The van der Waals surface area contributed by atoms with Gasteiger partial charge in [-0.2, -0.15) is 0 Å². The molecule has 0 amide bonds. The third-order valence-electron chi connectivity index (χ3n) is 8.17. The third kappa shape index (κ3) is 20.9. The molecule has 0 saturated heterocycles. The van der Waals surface area contributed by atoms with Crippen molar-refractivity contribution in [2.75, 3.05) is 13.2 Å². The fraction of sp³-hybridized carbons (Fsp3) is 0.667. The van der Waals surface area contributed by atoms with Gasteiger partial charge < -0.3 is 59.1 Å². The van der Waals surface area contributed by atoms with Crippen LogP contribution in [0.15, 0.2) is 0 Å². The Morgan fingerprint density at radius 2 is 0.500 bits per heavy atom. The van der Waals surface area contributed by atoms with E-state index in [2.05, 4.69) is 0 Å². The summed E-state index contributed by atoms with van der Waals surface area (Å²) in [7, 11) is 0. The van der Waals surface area contributed by atoms with Gasteiger partial charge in [-0.15, -0.1) is 0 Å². The lowest BCUT2D eigenvalue weighted by atomic mass is 9.99. The minimum Gasteiger partial charge on any atom is -0.481 e. The van der Waals surface area contributed by atoms with E-state index in [0.717, 1.165) is 41.5 Å². The first-order valence-electron chi connectivity index (χ1n) is 18.1. The van der Waals surface area contributed by atoms with Gasteiger partial charge in [0.25, 0.3) is 0 Å². The summed E-state index contributed by atoms with van der Waals surface area (Å²) in [5.41, 5.74) is 0. The minimum atomic E-state index is -2.49. The number of carboxylic acid groups (broad SMARTS) is 6. The summed E-state index contributed by atoms with van der Waals surface area (Å²) in [5.74, 6) is -26.5. The van der Waals surface area contributed by atoms with Gasteiger partial charge in [0.15, 0.2) is 24.4 Å². The molecule has 0 aliphatic carbocycles. The highest BCUT2D eigenvalue weighted by Gasteiger charge is 2.47. The van der Waals surface area contributed by atoms with Crippen molar-refractivity contribution in [3.63, 3.8) is 0 Å². The standard InChI is InChI=1S/C36H50O24/c1-15(7-23(37)38)31(49)55-13-21(57-33(51)17(3)9-25(41)42)29(59-35(53)19(5)11-27(45)46)30(60-36(54)20(6)12-28(47)48)22(58-34(52)18(4)10-26(43)44)14-56-32(50)16(2)8-24(39)40/h15-22,29-30H,7-14H2,1-6H3,(H,37,38)(H,39,40)(H,41,42)(H,43,44)(H,45,46)(H,47,48). The van der Waals surface area contributed by atoms with Crippen LogP contribution in [0.25, 0.3) is 0 Å². The number of hydrogen-bond acceptors (Lipinski definition) is 18. The molecule has 0 aliphatic heterocycles. The van der Waals surface area contributed by atoms with Gasteiger partial charge >= 0.3 is 71.6 Å². The van der Waals surface area contributed by atoms with Gasteiger partial charge in [0.05, 0.1) is 74.0 Å². The van der Waals surface area contributed by atoms with Crippen molar-refractivity contribution in [1.82, 2.24) is 0 Å². The summed E-state index contributed by atoms with van der Waals surface area (Å²) >= 11 is 0. The van der Waals surface area contributed by atoms with E-state index < -0.39 is 183 Å². The van der Waals surface area contributed by atoms with Crippen molar-refractivity contribution in [2.45, 2.75) is 104 Å². The molecule has 0 heterocycles. The molecule has 0 aromatic carbocycles. The SMILES string of the molecule is CC(CC(=O)O)C(=O)OCC(OC(=O)C(C)CC(=O)O)C(OC(=O)C(C)CC(=O)O)C(OC(=O)C(C)CC(=O)O)C(COC(=O)C(C)CC(=O)O)OC(=O)C(C)CC(=O)O. The Hall–Kier alpha value is -6.36. The summed E-state index contributed by atoms with van der Waals surface area (Å²) < 4.78 is 32.3. The first kappa shape index (κ1) is 53.6. The molecule has 0 radical (unpaired) electrons. The number of rotatable bonds is 29. The number of hydrogen-bond donors (Lipinski definition) is 6. The Morgan fingerprint density at radius 1 is 0.317 bits per heavy atom. The first-order valence-corrected chi connectivity index (χ1v) is 18.1. The van der Waals surface area contributed by atoms with Crippen LogP contribution in [0.2, 0.25) is 0 Å². The molecule has 0 aromatic heterocycles. The molecule has 0 rings (SSSR count). The second kappa shape index (κ2) is 25.9. The molecule has 0 fully saturated rings. The summed E-state index contributed by atoms with van der Waals surface area (Å²) in [6, 6.07) is 0. The largest absolute Gasteiger partial charge is 0.481 e. The zero-order chi connectivity index (χ0) is 46.6. The lowest BCUT2D eigenvalue weighted by Crippen LogP contribution is -2.56. The molecule has 0 bridgehead atoms. The Kier molecular flexibility index (Phi) is 23.1. The minimum absolute atomic E-state index is 0.802. The molecular weight excluding hydrogens is 816 g/mol. The average molecular weight is 867 g/mol. The first-order chi connectivity index (χ1) is 27.7. The molecule has 6 N–H and O–H groups in total. The van der Waals surface area contributed by atoms with Crippen molar-refractivity contribution in [1.29, 1.82) is 0 Å². The Morgan fingerprint density at radius 3 is 0.700 bits per heavy atom. The second-order valence-corrected chi connectivity index (χ2v) is 14.0. The van der Waals surface area contributed by atoms with Crippen LogP contribution < -0.4 is 0 Å². The number of aliphatic carboxylic acids is 6. The highest BCUT2D eigenvalue weighted by Crippen LogP contribution is 2.26. The van der Waals surface area contributed by atoms with E-state index in [4.69, 9.17) is 38.6 Å². The van der Waals surface area contributed by atoms with Crippen LogP contribution in [0.3, 0.4) is 0 Å². The van der Waals surface area contributed by atoms with Gasteiger partial charge in [-0.25, -0.2) is 0 Å². The highest BCUT2D eigenvalue weighted by molar-refractivity contribution is 5.82. The Balaban J connectivity index is 8.06. The van der Waals surface area contributed by atoms with Crippen molar-refractivity contribution in [2.24, 2.45) is 35.5 Å². The van der Waals surface area contributed by atoms with Crippen LogP contribution >= 0.6 is 0 Å². The number of carbonyl (C=O) groups excluding carboxylic acids is 6. The van der Waals surface area contributed by atoms with Gasteiger partial charge in [0, 0.05) is 0 Å². The monoisotopic (exact) mass is 866 g/mol. The molecule has 60 heavy (non-hydrogen) atoms. The van der Waals surface area contributed by atoms with E-state index in [1.165, 1.54) is 0 Å². The van der Waals surface area contributed by atoms with Crippen molar-refractivity contribution < 1.29 is 117 Å². The Bertz CT molecular complexity index is 1490. The second-order valence-electron chi connectivity index (χ2n) is 14.0. The smallest absolute Gasteiger partial charge is 0.309 e. The van der Waals surface area contributed by atoms with E-state index in [-0.39, 0.29) is 0 Å². The molecule has 0 aliphatic rings. The number of carbonyl (C=O) groups is 12. The van der Waals surface area contributed by atoms with Crippen LogP contribution in [0.1, 0.15) is 80.1 Å². The van der Waals surface area contributed by atoms with Gasteiger partial charge in [0.1, 0.15) is 13.2 Å². The van der Waals surface area contributed by atoms with Crippen LogP contribution in [0, 0.1) is 35.5 Å². The predicted octanol–water partition coefficient (Wildman–Crippen LogP) is 0.385. The number of esters is 6. The molecule has 0 saturated carbocycles. The lowest BCUT2D eigenvalue weighted by molar-refractivity contribution is -0.214. The molecule has 0 spiro atoms. The zero-order valence-electron chi connectivity index (χ0n) is 33.5. The molecule has 24 nitrogen and oxygen atoms in total. The molecular formula is C36H50O24. The average Bonchev–Trinajstić information content (AvgIpc) is 3.10. The van der Waals surface area contributed by atoms with Gasteiger partial charge in [-0.3, -0.25) is 57.5 Å². The van der Waals surface area contributed by atoms with Crippen LogP contribution in [0.4, 0.5) is 0 Å². The van der Waals surface area contributed by atoms with Crippen molar-refractivity contribution in [3.05, 3.63) is 0 Å². The van der Waals surface area contributed by atoms with Gasteiger partial charge in [-0.05, 0) is 0 Å². The van der Waals surface area contributed by atoms with E-state index in [1.54, 1.807) is 0 Å². The van der Waals surface area contributed by atoms with E-state index in [9.17, 15) is 78.0 Å². The normalized spacial score (nSPS) is 15.9. The molecule has 338 valence electrons. The van der Waals surface area contributed by atoms with Gasteiger partial charge in [0.2, 0.25) is 0 Å². The fourth-order valence-electron chi connectivity index (χ4n) is 4.82. The van der Waals surface area contributed by atoms with Crippen LogP contribution in [-0.4, -0.2) is 140 Å². The summed E-state index contributed by atoms with van der Waals surface area (Å²) in [6.07, 6.45) is -14.8. The fourth-order valence-corrected chi connectivity index (χ4v) is 4.82. The van der Waals surface area contributed by atoms with Crippen molar-refractivity contribution in [3.8, 4) is 0 Å². The molecule has 10 atom stereocenters.